The third-order valence-electron chi connectivity index (χ3n) is 5.95. The van der Waals surface area contributed by atoms with Gasteiger partial charge in [-0.2, -0.15) is 0 Å². The number of allylic oxidation sites excluding steroid dienone is 2. The van der Waals surface area contributed by atoms with Gasteiger partial charge in [-0.15, -0.1) is 0 Å². The summed E-state index contributed by atoms with van der Waals surface area (Å²) in [5, 5.41) is 41.7. The van der Waals surface area contributed by atoms with Crippen LogP contribution < -0.4 is 4.74 Å². The summed E-state index contributed by atoms with van der Waals surface area (Å²) in [6, 6.07) is 7.07. The van der Waals surface area contributed by atoms with E-state index < -0.39 is 17.8 Å². The fourth-order valence-electron chi connectivity index (χ4n) is 3.94. The maximum atomic E-state index is 13.5. The highest BCUT2D eigenvalue weighted by Gasteiger charge is 2.35. The van der Waals surface area contributed by atoms with Crippen LogP contribution in [0, 0.1) is 5.92 Å². The first-order chi connectivity index (χ1) is 14.5. The number of phenolic OH excluding ortho intramolecular Hbond substituents is 3. The topological polar surface area (TPSA) is 107 Å². The van der Waals surface area contributed by atoms with E-state index >= 15 is 0 Å². The number of Topliss-reactive ketones (excluding diaryl/α,β-unsaturated/α-hetero) is 1. The fourth-order valence-corrected chi connectivity index (χ4v) is 3.94. The van der Waals surface area contributed by atoms with Crippen molar-refractivity contribution in [1.29, 1.82) is 0 Å². The van der Waals surface area contributed by atoms with E-state index in [1.165, 1.54) is 18.2 Å². The van der Waals surface area contributed by atoms with Gasteiger partial charge in [0.25, 0.3) is 0 Å². The van der Waals surface area contributed by atoms with E-state index in [0.717, 1.165) is 11.6 Å². The molecule has 0 saturated heterocycles. The zero-order valence-electron chi connectivity index (χ0n) is 18.3. The van der Waals surface area contributed by atoms with Gasteiger partial charge in [-0.1, -0.05) is 11.6 Å². The number of hydrogen-bond donors (Lipinski definition) is 4. The maximum Gasteiger partial charge on any atom is 0.172 e. The number of hydrogen-bond acceptors (Lipinski definition) is 6. The van der Waals surface area contributed by atoms with Gasteiger partial charge in [-0.05, 0) is 71.2 Å². The predicted octanol–water partition coefficient (Wildman–Crippen LogP) is 4.80. The van der Waals surface area contributed by atoms with E-state index in [9.17, 15) is 25.2 Å². The van der Waals surface area contributed by atoms with Crippen molar-refractivity contribution in [3.63, 3.8) is 0 Å². The molecule has 0 fully saturated rings. The SMILES string of the molecule is C/C=C(/C)CC(C(=O)c1ccc2c(c1O)CCC(C)(C)O2)C(O)c1ccc(O)cc1O. The first-order valence-electron chi connectivity index (χ1n) is 10.4. The third kappa shape index (κ3) is 4.69. The molecule has 3 rings (SSSR count). The van der Waals surface area contributed by atoms with Crippen LogP contribution in [0.4, 0.5) is 0 Å². The monoisotopic (exact) mass is 426 g/mol. The zero-order chi connectivity index (χ0) is 22.9. The quantitative estimate of drug-likeness (QED) is 0.391. The smallest absolute Gasteiger partial charge is 0.172 e. The molecule has 1 heterocycles. The zero-order valence-corrected chi connectivity index (χ0v) is 18.3. The molecule has 2 atom stereocenters. The molecule has 166 valence electrons. The lowest BCUT2D eigenvalue weighted by Crippen LogP contribution is -2.32. The van der Waals surface area contributed by atoms with E-state index in [-0.39, 0.29) is 40.4 Å². The molecule has 2 aromatic carbocycles. The minimum atomic E-state index is -1.33. The van der Waals surface area contributed by atoms with Gasteiger partial charge in [0.15, 0.2) is 5.78 Å². The Morgan fingerprint density at radius 2 is 1.90 bits per heavy atom. The van der Waals surface area contributed by atoms with Crippen LogP contribution in [0.5, 0.6) is 23.0 Å². The van der Waals surface area contributed by atoms with E-state index in [2.05, 4.69) is 0 Å². The van der Waals surface area contributed by atoms with Crippen LogP contribution in [0.3, 0.4) is 0 Å². The molecule has 1 aliphatic rings. The lowest BCUT2D eigenvalue weighted by molar-refractivity contribution is 0.0665. The maximum absolute atomic E-state index is 13.5. The Morgan fingerprint density at radius 3 is 2.55 bits per heavy atom. The molecule has 0 saturated carbocycles. The number of fused-ring (bicyclic) bond motifs is 1. The Kier molecular flexibility index (Phi) is 6.32. The number of rotatable bonds is 6. The van der Waals surface area contributed by atoms with Crippen LogP contribution in [0.1, 0.15) is 68.1 Å². The highest BCUT2D eigenvalue weighted by atomic mass is 16.5. The van der Waals surface area contributed by atoms with Crippen molar-refractivity contribution in [2.75, 3.05) is 0 Å². The summed E-state index contributed by atoms with van der Waals surface area (Å²) in [5.41, 5.74) is 1.39. The Labute approximate surface area is 182 Å². The Balaban J connectivity index is 2.01. The molecule has 0 aromatic heterocycles. The number of phenols is 3. The minimum Gasteiger partial charge on any atom is -0.508 e. The molecule has 6 nitrogen and oxygen atoms in total. The highest BCUT2D eigenvalue weighted by molar-refractivity contribution is 6.01. The van der Waals surface area contributed by atoms with Crippen LogP contribution in [0.2, 0.25) is 0 Å². The molecule has 1 aliphatic heterocycles. The first-order valence-corrected chi connectivity index (χ1v) is 10.4. The largest absolute Gasteiger partial charge is 0.508 e. The Morgan fingerprint density at radius 1 is 1.19 bits per heavy atom. The summed E-state index contributed by atoms with van der Waals surface area (Å²) >= 11 is 0. The van der Waals surface area contributed by atoms with Crippen LogP contribution in [0.25, 0.3) is 0 Å². The summed E-state index contributed by atoms with van der Waals surface area (Å²) in [5.74, 6) is -1.36. The van der Waals surface area contributed by atoms with Crippen molar-refractivity contribution in [2.45, 2.75) is 58.7 Å². The molecular formula is C25H30O6. The van der Waals surface area contributed by atoms with Crippen molar-refractivity contribution in [1.82, 2.24) is 0 Å². The van der Waals surface area contributed by atoms with Crippen LogP contribution >= 0.6 is 0 Å². The number of aromatic hydroxyl groups is 3. The van der Waals surface area contributed by atoms with Gasteiger partial charge in [-0.3, -0.25) is 4.79 Å². The standard InChI is InChI=1S/C25H30O6/c1-5-14(2)12-19(22(28)16-7-6-15(26)13-20(16)27)24(30)18-8-9-21-17(23(18)29)10-11-25(3,4)31-21/h5-9,13,19,22,26-29H,10-12H2,1-4H3/b14-5-. The number of benzene rings is 2. The van der Waals surface area contributed by atoms with Gasteiger partial charge in [0.1, 0.15) is 28.6 Å². The Hall–Kier alpha value is -2.99. The summed E-state index contributed by atoms with van der Waals surface area (Å²) < 4.78 is 5.93. The normalized spacial score (nSPS) is 17.4. The van der Waals surface area contributed by atoms with Gasteiger partial charge < -0.3 is 25.2 Å². The van der Waals surface area contributed by atoms with Crippen molar-refractivity contribution in [3.8, 4) is 23.0 Å². The van der Waals surface area contributed by atoms with E-state index in [4.69, 9.17) is 4.74 Å². The average Bonchev–Trinajstić information content (AvgIpc) is 2.70. The molecule has 0 amide bonds. The van der Waals surface area contributed by atoms with Gasteiger partial charge in [0.05, 0.1) is 17.6 Å². The second kappa shape index (κ2) is 8.63. The number of ketones is 1. The molecular weight excluding hydrogens is 396 g/mol. The lowest BCUT2D eigenvalue weighted by Gasteiger charge is -2.33. The van der Waals surface area contributed by atoms with Gasteiger partial charge in [0.2, 0.25) is 0 Å². The fraction of sp³-hybridized carbons (Fsp3) is 0.400. The molecule has 2 unspecified atom stereocenters. The van der Waals surface area contributed by atoms with E-state index in [0.29, 0.717) is 24.2 Å². The second-order valence-corrected chi connectivity index (χ2v) is 8.80. The average molecular weight is 427 g/mol. The predicted molar refractivity (Wildman–Crippen MR) is 118 cm³/mol. The van der Waals surface area contributed by atoms with Crippen LogP contribution in [0.15, 0.2) is 42.0 Å². The van der Waals surface area contributed by atoms with Crippen LogP contribution in [-0.2, 0) is 6.42 Å². The Bertz CT molecular complexity index is 1020. The number of ether oxygens (including phenoxy) is 1. The minimum absolute atomic E-state index is 0.119. The number of carbonyl (C=O) groups is 1. The summed E-state index contributed by atoms with van der Waals surface area (Å²) in [6.45, 7) is 7.65. The molecule has 4 N–H and O–H groups in total. The van der Waals surface area contributed by atoms with Gasteiger partial charge >= 0.3 is 0 Å². The van der Waals surface area contributed by atoms with Crippen molar-refractivity contribution in [2.24, 2.45) is 5.92 Å². The van der Waals surface area contributed by atoms with Crippen molar-refractivity contribution in [3.05, 3.63) is 58.7 Å². The first kappa shape index (κ1) is 22.7. The highest BCUT2D eigenvalue weighted by Crippen LogP contribution is 2.42. The number of aliphatic hydroxyl groups is 1. The van der Waals surface area contributed by atoms with E-state index in [1.807, 2.05) is 33.8 Å². The summed E-state index contributed by atoms with van der Waals surface area (Å²) in [7, 11) is 0. The molecule has 0 spiro atoms. The molecule has 0 aliphatic carbocycles. The third-order valence-corrected chi connectivity index (χ3v) is 5.95. The van der Waals surface area contributed by atoms with Gasteiger partial charge in [0, 0.05) is 17.2 Å². The summed E-state index contributed by atoms with van der Waals surface area (Å²) in [6.07, 6.45) is 2.06. The molecule has 0 bridgehead atoms. The summed E-state index contributed by atoms with van der Waals surface area (Å²) in [4.78, 5) is 13.5. The van der Waals surface area contributed by atoms with Crippen molar-refractivity contribution >= 4 is 5.78 Å². The molecule has 2 aromatic rings. The van der Waals surface area contributed by atoms with E-state index in [1.54, 1.807) is 6.07 Å². The molecule has 6 heteroatoms. The number of carbonyl (C=O) groups excluding carboxylic acids is 1. The molecule has 0 radical (unpaired) electrons. The second-order valence-electron chi connectivity index (χ2n) is 8.80. The lowest BCUT2D eigenvalue weighted by atomic mass is 9.82. The number of aliphatic hydroxyl groups excluding tert-OH is 1. The van der Waals surface area contributed by atoms with Crippen LogP contribution in [-0.4, -0.2) is 31.8 Å². The van der Waals surface area contributed by atoms with Crippen molar-refractivity contribution < 1.29 is 30.0 Å². The molecule has 31 heavy (non-hydrogen) atoms. The van der Waals surface area contributed by atoms with Gasteiger partial charge in [-0.25, -0.2) is 0 Å².